The quantitative estimate of drug-likeness (QED) is 0.300. The van der Waals surface area contributed by atoms with Gasteiger partial charge in [-0.3, -0.25) is 14.5 Å². The Morgan fingerprint density at radius 3 is 2.40 bits per heavy atom. The molecule has 8 heteroatoms. The van der Waals surface area contributed by atoms with E-state index in [2.05, 4.69) is 5.32 Å². The standard InChI is InChI=1S/C27H21Cl2N3O2S/c1-16-7-6-8-17(2)24(16)31-25(33)21(15-30)27-32(20-9-4-3-5-10-20)26(34)23(35-27)14-18-13-19(28)11-12-22(18)29/h3-13,23H,14H2,1-2H3,(H,31,33)/b27-21-. The van der Waals surface area contributed by atoms with E-state index in [-0.39, 0.29) is 16.5 Å². The number of benzene rings is 3. The smallest absolute Gasteiger partial charge is 0.269 e. The van der Waals surface area contributed by atoms with Crippen LogP contribution >= 0.6 is 35.0 Å². The van der Waals surface area contributed by atoms with E-state index >= 15 is 0 Å². The zero-order valence-electron chi connectivity index (χ0n) is 19.0. The Hall–Kier alpha value is -3.24. The van der Waals surface area contributed by atoms with Gasteiger partial charge in [0.15, 0.2) is 0 Å². The molecule has 0 radical (unpaired) electrons. The molecule has 1 aliphatic heterocycles. The van der Waals surface area contributed by atoms with Gasteiger partial charge in [-0.2, -0.15) is 5.26 Å². The average molecular weight is 522 g/mol. The third kappa shape index (κ3) is 5.23. The molecule has 0 bridgehead atoms. The fraction of sp³-hybridized carbons (Fsp3) is 0.148. The van der Waals surface area contributed by atoms with Crippen LogP contribution in [0.5, 0.6) is 0 Å². The summed E-state index contributed by atoms with van der Waals surface area (Å²) in [5.41, 5.74) is 3.57. The van der Waals surface area contributed by atoms with Crippen LogP contribution in [0.2, 0.25) is 10.0 Å². The first kappa shape index (κ1) is 24.9. The van der Waals surface area contributed by atoms with Crippen LogP contribution in [-0.2, 0) is 16.0 Å². The minimum absolute atomic E-state index is 0.130. The molecule has 1 heterocycles. The summed E-state index contributed by atoms with van der Waals surface area (Å²) in [4.78, 5) is 28.3. The van der Waals surface area contributed by atoms with Crippen LogP contribution in [0.1, 0.15) is 16.7 Å². The van der Waals surface area contributed by atoms with Gasteiger partial charge < -0.3 is 5.32 Å². The number of carbonyl (C=O) groups excluding carboxylic acids is 2. The van der Waals surface area contributed by atoms with E-state index in [9.17, 15) is 14.9 Å². The third-order valence-corrected chi connectivity index (χ3v) is 7.52. The van der Waals surface area contributed by atoms with Crippen LogP contribution in [0.4, 0.5) is 11.4 Å². The maximum atomic E-state index is 13.6. The molecule has 4 rings (SSSR count). The van der Waals surface area contributed by atoms with Crippen LogP contribution < -0.4 is 10.2 Å². The fourth-order valence-electron chi connectivity index (χ4n) is 3.89. The van der Waals surface area contributed by atoms with Crippen molar-refractivity contribution in [1.82, 2.24) is 0 Å². The molecule has 0 spiro atoms. The summed E-state index contributed by atoms with van der Waals surface area (Å²) in [6, 6.07) is 21.8. The minimum atomic E-state index is -0.586. The van der Waals surface area contributed by atoms with Crippen LogP contribution in [0.25, 0.3) is 0 Å². The number of amides is 2. The van der Waals surface area contributed by atoms with E-state index in [0.717, 1.165) is 16.7 Å². The molecule has 0 aliphatic carbocycles. The molecule has 1 aliphatic rings. The van der Waals surface area contributed by atoms with E-state index < -0.39 is 11.2 Å². The molecule has 0 saturated carbocycles. The van der Waals surface area contributed by atoms with E-state index in [1.54, 1.807) is 42.5 Å². The van der Waals surface area contributed by atoms with Crippen LogP contribution in [0.15, 0.2) is 77.3 Å². The molecule has 3 aromatic rings. The van der Waals surface area contributed by atoms with Gasteiger partial charge in [-0.1, -0.05) is 71.4 Å². The zero-order chi connectivity index (χ0) is 25.1. The Labute approximate surface area is 218 Å². The highest BCUT2D eigenvalue weighted by Gasteiger charge is 2.41. The lowest BCUT2D eigenvalue weighted by atomic mass is 10.1. The fourth-order valence-corrected chi connectivity index (χ4v) is 5.57. The van der Waals surface area contributed by atoms with Gasteiger partial charge in [0.2, 0.25) is 5.91 Å². The molecule has 2 amide bonds. The van der Waals surface area contributed by atoms with E-state index in [0.29, 0.717) is 27.8 Å². The van der Waals surface area contributed by atoms with E-state index in [4.69, 9.17) is 23.2 Å². The maximum absolute atomic E-state index is 13.6. The van der Waals surface area contributed by atoms with Crippen LogP contribution in [-0.4, -0.2) is 17.1 Å². The number of halogens is 2. The molecule has 0 aromatic heterocycles. The number of hydrogen-bond acceptors (Lipinski definition) is 4. The Kier molecular flexibility index (Phi) is 7.51. The predicted molar refractivity (Wildman–Crippen MR) is 143 cm³/mol. The van der Waals surface area contributed by atoms with Crippen LogP contribution in [0, 0.1) is 25.2 Å². The summed E-state index contributed by atoms with van der Waals surface area (Å²) in [5, 5.41) is 13.6. The van der Waals surface area contributed by atoms with Crippen molar-refractivity contribution in [1.29, 1.82) is 5.26 Å². The first-order chi connectivity index (χ1) is 16.8. The van der Waals surface area contributed by atoms with Gasteiger partial charge in [-0.05, 0) is 67.3 Å². The van der Waals surface area contributed by atoms with Crippen molar-refractivity contribution in [2.75, 3.05) is 10.2 Å². The lowest BCUT2D eigenvalue weighted by Gasteiger charge is -2.19. The van der Waals surface area contributed by atoms with Crippen molar-refractivity contribution in [3.63, 3.8) is 0 Å². The van der Waals surface area contributed by atoms with Gasteiger partial charge in [0.25, 0.3) is 5.91 Å². The summed E-state index contributed by atoms with van der Waals surface area (Å²) in [5.74, 6) is -0.803. The van der Waals surface area contributed by atoms with Gasteiger partial charge in [0.1, 0.15) is 16.7 Å². The highest BCUT2D eigenvalue weighted by Crippen LogP contribution is 2.42. The molecule has 1 fully saturated rings. The second-order valence-corrected chi connectivity index (χ2v) is 10.1. The highest BCUT2D eigenvalue weighted by molar-refractivity contribution is 8.05. The van der Waals surface area contributed by atoms with Gasteiger partial charge in [-0.15, -0.1) is 0 Å². The van der Waals surface area contributed by atoms with Gasteiger partial charge >= 0.3 is 0 Å². The van der Waals surface area contributed by atoms with E-state index in [1.807, 2.05) is 44.2 Å². The number of rotatable bonds is 5. The number of nitriles is 1. The third-order valence-electron chi connectivity index (χ3n) is 5.65. The largest absolute Gasteiger partial charge is 0.321 e. The maximum Gasteiger partial charge on any atom is 0.269 e. The molecular weight excluding hydrogens is 501 g/mol. The first-order valence-electron chi connectivity index (χ1n) is 10.8. The molecular formula is C27H21Cl2N3O2S. The topological polar surface area (TPSA) is 73.2 Å². The van der Waals surface area contributed by atoms with Crippen molar-refractivity contribution >= 4 is 58.2 Å². The van der Waals surface area contributed by atoms with Crippen molar-refractivity contribution in [3.05, 3.63) is 104 Å². The molecule has 3 aromatic carbocycles. The number of nitrogens with zero attached hydrogens (tertiary/aromatic N) is 2. The normalized spacial score (nSPS) is 16.7. The molecule has 35 heavy (non-hydrogen) atoms. The number of para-hydroxylation sites is 2. The summed E-state index contributed by atoms with van der Waals surface area (Å²) >= 11 is 13.7. The van der Waals surface area contributed by atoms with Gasteiger partial charge in [-0.25, -0.2) is 0 Å². The molecule has 1 unspecified atom stereocenters. The highest BCUT2D eigenvalue weighted by atomic mass is 35.5. The molecule has 1 saturated heterocycles. The molecule has 5 nitrogen and oxygen atoms in total. The summed E-state index contributed by atoms with van der Waals surface area (Å²) in [6.45, 7) is 3.77. The molecule has 176 valence electrons. The number of hydrogen-bond donors (Lipinski definition) is 1. The predicted octanol–water partition coefficient (Wildman–Crippen LogP) is 6.68. The van der Waals surface area contributed by atoms with Gasteiger partial charge in [0, 0.05) is 21.4 Å². The van der Waals surface area contributed by atoms with E-state index in [1.165, 1.54) is 16.7 Å². The number of nitrogens with one attached hydrogen (secondary N) is 1. The summed E-state index contributed by atoms with van der Waals surface area (Å²) in [7, 11) is 0. The number of aryl methyl sites for hydroxylation is 2. The second-order valence-electron chi connectivity index (χ2n) is 8.07. The Morgan fingerprint density at radius 1 is 1.06 bits per heavy atom. The average Bonchev–Trinajstić information content (AvgIpc) is 3.15. The second kappa shape index (κ2) is 10.6. The first-order valence-corrected chi connectivity index (χ1v) is 12.4. The minimum Gasteiger partial charge on any atom is -0.321 e. The number of thioether (sulfide) groups is 1. The van der Waals surface area contributed by atoms with Crippen molar-refractivity contribution in [2.45, 2.75) is 25.5 Å². The van der Waals surface area contributed by atoms with Gasteiger partial charge in [0.05, 0.1) is 5.25 Å². The summed E-state index contributed by atoms with van der Waals surface area (Å²) < 4.78 is 0. The monoisotopic (exact) mass is 521 g/mol. The number of anilines is 2. The SMILES string of the molecule is Cc1cccc(C)c1NC(=O)/C(C#N)=C1\SC(Cc2cc(Cl)ccc2Cl)C(=O)N1c1ccccc1. The van der Waals surface area contributed by atoms with Crippen molar-refractivity contribution in [2.24, 2.45) is 0 Å². The zero-order valence-corrected chi connectivity index (χ0v) is 21.3. The van der Waals surface area contributed by atoms with Crippen LogP contribution in [0.3, 0.4) is 0 Å². The lowest BCUT2D eigenvalue weighted by Crippen LogP contribution is -2.31. The number of carbonyl (C=O) groups is 2. The summed E-state index contributed by atoms with van der Waals surface area (Å²) in [6.07, 6.45) is 0.299. The molecule has 1 N–H and O–H groups in total. The molecule has 1 atom stereocenters. The Morgan fingerprint density at radius 2 is 1.74 bits per heavy atom. The Balaban J connectivity index is 1.75. The van der Waals surface area contributed by atoms with Crippen molar-refractivity contribution in [3.8, 4) is 6.07 Å². The van der Waals surface area contributed by atoms with Crippen molar-refractivity contribution < 1.29 is 9.59 Å². The Bertz CT molecular complexity index is 1360. The lowest BCUT2D eigenvalue weighted by molar-refractivity contribution is -0.117.